The average Bonchev–Trinajstić information content (AvgIpc) is 2.73. The highest BCUT2D eigenvalue weighted by Crippen LogP contribution is 2.08. The van der Waals surface area contributed by atoms with Gasteiger partial charge >= 0.3 is 0 Å². The third kappa shape index (κ3) is 2.68. The van der Waals surface area contributed by atoms with Crippen molar-refractivity contribution in [3.8, 4) is 0 Å². The Kier molecular flexibility index (Phi) is 3.69. The maximum Gasteiger partial charge on any atom is 0.164 e. The summed E-state index contributed by atoms with van der Waals surface area (Å²) in [5.74, 6) is 0.112. The van der Waals surface area contributed by atoms with Crippen LogP contribution >= 0.6 is 0 Å². The molecule has 0 aliphatic carbocycles. The molecular weight excluding hydrogens is 208 g/mol. The van der Waals surface area contributed by atoms with Gasteiger partial charge < -0.3 is 9.47 Å². The Balaban J connectivity index is 1.81. The van der Waals surface area contributed by atoms with Crippen molar-refractivity contribution in [1.29, 1.82) is 0 Å². The molecule has 1 aromatic rings. The summed E-state index contributed by atoms with van der Waals surface area (Å²) in [6, 6.07) is 1.92. The molecule has 0 N–H and O–H groups in total. The smallest absolute Gasteiger partial charge is 0.164 e. The van der Waals surface area contributed by atoms with Crippen molar-refractivity contribution >= 4 is 5.78 Å². The van der Waals surface area contributed by atoms with Gasteiger partial charge in [-0.2, -0.15) is 5.10 Å². The Hall–Kier alpha value is -1.20. The summed E-state index contributed by atoms with van der Waals surface area (Å²) < 4.78 is 12.3. The zero-order chi connectivity index (χ0) is 11.4. The van der Waals surface area contributed by atoms with Gasteiger partial charge in [-0.15, -0.1) is 0 Å². The second-order valence-corrected chi connectivity index (χ2v) is 3.85. The van der Waals surface area contributed by atoms with E-state index in [0.717, 1.165) is 5.69 Å². The lowest BCUT2D eigenvalue weighted by Crippen LogP contribution is -2.35. The second-order valence-electron chi connectivity index (χ2n) is 3.85. The number of hydrogen-bond donors (Lipinski definition) is 0. The number of hydrogen-bond acceptors (Lipinski definition) is 4. The molecule has 0 saturated carbocycles. The fourth-order valence-corrected chi connectivity index (χ4v) is 1.73. The summed E-state index contributed by atoms with van der Waals surface area (Å²) in [5.41, 5.74) is 1.06. The number of ketones is 1. The van der Waals surface area contributed by atoms with Crippen molar-refractivity contribution in [3.05, 3.63) is 18.0 Å². The van der Waals surface area contributed by atoms with Gasteiger partial charge in [0, 0.05) is 25.4 Å². The number of rotatable bonds is 4. The Morgan fingerprint density at radius 1 is 1.62 bits per heavy atom. The highest BCUT2D eigenvalue weighted by Gasteiger charge is 2.22. The first kappa shape index (κ1) is 11.3. The minimum Gasteiger partial charge on any atom is -0.376 e. The van der Waals surface area contributed by atoms with E-state index >= 15 is 0 Å². The monoisotopic (exact) mass is 224 g/mol. The number of nitrogens with zero attached hydrogens (tertiary/aromatic N) is 2. The summed E-state index contributed by atoms with van der Waals surface area (Å²) in [4.78, 5) is 11.8. The van der Waals surface area contributed by atoms with Crippen LogP contribution in [0.3, 0.4) is 0 Å². The second kappa shape index (κ2) is 5.23. The lowest BCUT2D eigenvalue weighted by Gasteiger charge is -2.21. The van der Waals surface area contributed by atoms with Crippen LogP contribution in [0.15, 0.2) is 12.3 Å². The van der Waals surface area contributed by atoms with Crippen LogP contribution in [0.2, 0.25) is 0 Å². The van der Waals surface area contributed by atoms with E-state index in [1.54, 1.807) is 10.9 Å². The number of aromatic nitrogens is 2. The molecule has 0 bridgehead atoms. The van der Waals surface area contributed by atoms with E-state index in [4.69, 9.17) is 9.47 Å². The Labute approximate surface area is 94.3 Å². The van der Waals surface area contributed by atoms with Gasteiger partial charge in [-0.3, -0.25) is 9.48 Å². The van der Waals surface area contributed by atoms with Crippen LogP contribution in [-0.2, 0) is 27.7 Å². The van der Waals surface area contributed by atoms with Crippen LogP contribution in [-0.4, -0.2) is 41.5 Å². The molecule has 1 aliphatic heterocycles. The Bertz CT molecular complexity index is 356. The highest BCUT2D eigenvalue weighted by molar-refractivity contribution is 5.83. The third-order valence-electron chi connectivity index (χ3n) is 2.73. The van der Waals surface area contributed by atoms with E-state index in [1.807, 2.05) is 13.1 Å². The molecule has 5 heteroatoms. The molecule has 1 saturated heterocycles. The van der Waals surface area contributed by atoms with E-state index < -0.39 is 0 Å². The van der Waals surface area contributed by atoms with Crippen LogP contribution in [0.25, 0.3) is 0 Å². The minimum atomic E-state index is -0.373. The lowest BCUT2D eigenvalue weighted by molar-refractivity contribution is -0.145. The van der Waals surface area contributed by atoms with Gasteiger partial charge in [-0.05, 0) is 12.5 Å². The van der Waals surface area contributed by atoms with Crippen molar-refractivity contribution in [2.24, 2.45) is 7.05 Å². The molecule has 2 rings (SSSR count). The zero-order valence-electron chi connectivity index (χ0n) is 9.39. The fourth-order valence-electron chi connectivity index (χ4n) is 1.73. The third-order valence-corrected chi connectivity index (χ3v) is 2.73. The van der Waals surface area contributed by atoms with Gasteiger partial charge in [0.05, 0.1) is 19.8 Å². The highest BCUT2D eigenvalue weighted by atomic mass is 16.6. The van der Waals surface area contributed by atoms with Gasteiger partial charge in [0.1, 0.15) is 6.10 Å². The van der Waals surface area contributed by atoms with Crippen LogP contribution in [0.1, 0.15) is 12.1 Å². The van der Waals surface area contributed by atoms with Crippen molar-refractivity contribution < 1.29 is 14.3 Å². The van der Waals surface area contributed by atoms with Crippen molar-refractivity contribution in [1.82, 2.24) is 9.78 Å². The predicted octanol–water partition coefficient (Wildman–Crippen LogP) is 0.337. The lowest BCUT2D eigenvalue weighted by atomic mass is 10.1. The fraction of sp³-hybridized carbons (Fsp3) is 0.636. The molecule has 1 atom stereocenters. The molecule has 1 unspecified atom stereocenters. The topological polar surface area (TPSA) is 53.4 Å². The molecule has 16 heavy (non-hydrogen) atoms. The number of Topliss-reactive ketones (excluding diaryl/α,β-unsaturated/α-hetero) is 1. The normalized spacial score (nSPS) is 20.9. The number of carbonyl (C=O) groups excluding carboxylic acids is 1. The van der Waals surface area contributed by atoms with E-state index in [2.05, 4.69) is 5.10 Å². The first-order valence-corrected chi connectivity index (χ1v) is 5.46. The molecule has 0 radical (unpaired) electrons. The molecule has 2 heterocycles. The summed E-state index contributed by atoms with van der Waals surface area (Å²) >= 11 is 0. The first-order valence-electron chi connectivity index (χ1n) is 5.46. The van der Waals surface area contributed by atoms with Gasteiger partial charge in [-0.25, -0.2) is 0 Å². The summed E-state index contributed by atoms with van der Waals surface area (Å²) in [5, 5.41) is 4.06. The summed E-state index contributed by atoms with van der Waals surface area (Å²) in [6.45, 7) is 1.50. The zero-order valence-corrected chi connectivity index (χ0v) is 9.39. The minimum absolute atomic E-state index is 0.112. The van der Waals surface area contributed by atoms with E-state index in [0.29, 0.717) is 32.7 Å². The molecule has 88 valence electrons. The maximum atomic E-state index is 11.8. The van der Waals surface area contributed by atoms with Crippen LogP contribution in [0, 0.1) is 0 Å². The quantitative estimate of drug-likeness (QED) is 0.740. The van der Waals surface area contributed by atoms with Crippen molar-refractivity contribution in [2.75, 3.05) is 19.8 Å². The maximum absolute atomic E-state index is 11.8. The molecule has 1 aromatic heterocycles. The van der Waals surface area contributed by atoms with Crippen LogP contribution in [0.5, 0.6) is 0 Å². The largest absolute Gasteiger partial charge is 0.376 e. The summed E-state index contributed by atoms with van der Waals surface area (Å²) in [7, 11) is 1.88. The summed E-state index contributed by atoms with van der Waals surface area (Å²) in [6.07, 6.45) is 2.55. The molecular formula is C11H16N2O3. The van der Waals surface area contributed by atoms with Gasteiger partial charge in [-0.1, -0.05) is 0 Å². The molecule has 0 amide bonds. The van der Waals surface area contributed by atoms with E-state index in [-0.39, 0.29) is 11.9 Å². The van der Waals surface area contributed by atoms with E-state index in [9.17, 15) is 4.79 Å². The van der Waals surface area contributed by atoms with E-state index in [1.165, 1.54) is 0 Å². The van der Waals surface area contributed by atoms with Gasteiger partial charge in [0.15, 0.2) is 5.78 Å². The number of carbonyl (C=O) groups is 1. The van der Waals surface area contributed by atoms with Crippen molar-refractivity contribution in [2.45, 2.75) is 18.9 Å². The molecule has 1 aliphatic rings. The Morgan fingerprint density at radius 3 is 3.12 bits per heavy atom. The SMILES string of the molecule is Cn1nccc1CCC(=O)C1COCCO1. The van der Waals surface area contributed by atoms with Gasteiger partial charge in [0.2, 0.25) is 0 Å². The van der Waals surface area contributed by atoms with Crippen molar-refractivity contribution in [3.63, 3.8) is 0 Å². The standard InChI is InChI=1S/C11H16N2O3/c1-13-9(4-5-12-13)2-3-10(14)11-8-15-6-7-16-11/h4-5,11H,2-3,6-8H2,1H3. The average molecular weight is 224 g/mol. The molecule has 0 aromatic carbocycles. The molecule has 5 nitrogen and oxygen atoms in total. The Morgan fingerprint density at radius 2 is 2.50 bits per heavy atom. The van der Waals surface area contributed by atoms with Gasteiger partial charge in [0.25, 0.3) is 0 Å². The molecule has 0 spiro atoms. The first-order chi connectivity index (χ1) is 7.77. The van der Waals surface area contributed by atoms with Crippen LogP contribution in [0.4, 0.5) is 0 Å². The number of ether oxygens (including phenoxy) is 2. The molecule has 1 fully saturated rings. The van der Waals surface area contributed by atoms with Crippen LogP contribution < -0.4 is 0 Å². The predicted molar refractivity (Wildman–Crippen MR) is 57.1 cm³/mol. The number of aryl methyl sites for hydroxylation is 2.